The average Bonchev–Trinajstić information content (AvgIpc) is 2.15. The van der Waals surface area contributed by atoms with Crippen molar-refractivity contribution in [1.82, 2.24) is 4.90 Å². The third-order valence-corrected chi connectivity index (χ3v) is 2.94. The molecule has 0 aliphatic rings. The van der Waals surface area contributed by atoms with Crippen LogP contribution in [-0.2, 0) is 10.1 Å². The molecule has 0 amide bonds. The molecule has 0 aliphatic heterocycles. The Kier molecular flexibility index (Phi) is 11.6. The van der Waals surface area contributed by atoms with Crippen LogP contribution in [-0.4, -0.2) is 65.7 Å². The molecule has 0 saturated heterocycles. The number of rotatable bonds is 7. The fourth-order valence-corrected chi connectivity index (χ4v) is 1.74. The molecule has 0 aromatic heterocycles. The Morgan fingerprint density at radius 3 is 1.81 bits per heavy atom. The molecule has 0 aliphatic carbocycles. The van der Waals surface area contributed by atoms with Crippen molar-refractivity contribution in [2.45, 2.75) is 25.9 Å². The van der Waals surface area contributed by atoms with Crippen LogP contribution >= 0.6 is 0 Å². The molecule has 16 heavy (non-hydrogen) atoms. The van der Waals surface area contributed by atoms with E-state index in [1.54, 1.807) is 18.7 Å². The zero-order chi connectivity index (χ0) is 12.1. The topological polar surface area (TPSA) is 101 Å². The average molecular weight is 279 g/mol. The van der Waals surface area contributed by atoms with Crippen molar-refractivity contribution >= 4 is 10.1 Å². The molecule has 2 atom stereocenters. The zero-order valence-corrected chi connectivity index (χ0v) is 13.9. The maximum absolute atomic E-state index is 10.5. The third-order valence-electron chi connectivity index (χ3n) is 2.26. The molecule has 2 N–H and O–H groups in total. The van der Waals surface area contributed by atoms with E-state index in [9.17, 15) is 13.0 Å². The van der Waals surface area contributed by atoms with Crippen LogP contribution in [0, 0.1) is 0 Å². The SMILES string of the molecule is CC(CO)N(CCS(=O)(=O)[O-])C(C)CO.[K+]. The Morgan fingerprint density at radius 1 is 1.19 bits per heavy atom. The standard InChI is InChI=1S/C8H19NO5S.K/c1-7(5-10)9(8(2)6-11)3-4-15(12,13)14;/h7-8,10-11H,3-6H2,1-2H3,(H,12,13,14);/q;+1/p-1. The molecule has 2 unspecified atom stereocenters. The maximum Gasteiger partial charge on any atom is 1.00 e. The van der Waals surface area contributed by atoms with E-state index in [0.717, 1.165) is 0 Å². The van der Waals surface area contributed by atoms with Crippen LogP contribution < -0.4 is 51.4 Å². The van der Waals surface area contributed by atoms with Crippen molar-refractivity contribution in [3.05, 3.63) is 0 Å². The third kappa shape index (κ3) is 8.51. The van der Waals surface area contributed by atoms with Gasteiger partial charge in [-0.2, -0.15) is 0 Å². The van der Waals surface area contributed by atoms with Crippen molar-refractivity contribution in [2.75, 3.05) is 25.5 Å². The van der Waals surface area contributed by atoms with E-state index in [0.29, 0.717) is 0 Å². The minimum Gasteiger partial charge on any atom is -0.748 e. The fraction of sp³-hybridized carbons (Fsp3) is 1.00. The van der Waals surface area contributed by atoms with Gasteiger partial charge >= 0.3 is 51.4 Å². The first-order chi connectivity index (χ1) is 6.81. The summed E-state index contributed by atoms with van der Waals surface area (Å²) in [5, 5.41) is 17.9. The Labute approximate surface area is 139 Å². The predicted molar refractivity (Wildman–Crippen MR) is 54.4 cm³/mol. The molecular weight excluding hydrogens is 261 g/mol. The summed E-state index contributed by atoms with van der Waals surface area (Å²) in [7, 11) is -4.26. The molecule has 92 valence electrons. The van der Waals surface area contributed by atoms with E-state index < -0.39 is 15.9 Å². The number of aliphatic hydroxyl groups is 2. The minimum atomic E-state index is -4.26. The van der Waals surface area contributed by atoms with E-state index >= 15 is 0 Å². The van der Waals surface area contributed by atoms with Crippen molar-refractivity contribution in [3.63, 3.8) is 0 Å². The van der Waals surface area contributed by atoms with Gasteiger partial charge in [0, 0.05) is 18.6 Å². The van der Waals surface area contributed by atoms with Gasteiger partial charge in [-0.1, -0.05) is 0 Å². The zero-order valence-electron chi connectivity index (χ0n) is 9.96. The molecule has 6 nitrogen and oxygen atoms in total. The second-order valence-electron chi connectivity index (χ2n) is 3.56. The number of hydrogen-bond acceptors (Lipinski definition) is 6. The molecule has 0 fully saturated rings. The van der Waals surface area contributed by atoms with E-state index in [1.807, 2.05) is 0 Å². The predicted octanol–water partition coefficient (Wildman–Crippen LogP) is -4.40. The quantitative estimate of drug-likeness (QED) is 0.360. The Morgan fingerprint density at radius 2 is 1.56 bits per heavy atom. The summed E-state index contributed by atoms with van der Waals surface area (Å²) in [6.07, 6.45) is 0. The van der Waals surface area contributed by atoms with E-state index in [2.05, 4.69) is 0 Å². The molecule has 0 heterocycles. The monoisotopic (exact) mass is 279 g/mol. The molecule has 0 bridgehead atoms. The maximum atomic E-state index is 10.5. The summed E-state index contributed by atoms with van der Waals surface area (Å²) in [6, 6.07) is -0.567. The Balaban J connectivity index is 0. The number of aliphatic hydroxyl groups excluding tert-OH is 2. The van der Waals surface area contributed by atoms with Crippen LogP contribution in [0.4, 0.5) is 0 Å². The van der Waals surface area contributed by atoms with Gasteiger partial charge in [-0.25, -0.2) is 8.42 Å². The van der Waals surface area contributed by atoms with Gasteiger partial charge in [-0.3, -0.25) is 4.90 Å². The van der Waals surface area contributed by atoms with Crippen LogP contribution in [0.3, 0.4) is 0 Å². The fourth-order valence-electron chi connectivity index (χ4n) is 1.30. The van der Waals surface area contributed by atoms with Gasteiger partial charge in [0.15, 0.2) is 0 Å². The van der Waals surface area contributed by atoms with Crippen LogP contribution in [0.2, 0.25) is 0 Å². The first-order valence-electron chi connectivity index (χ1n) is 4.72. The van der Waals surface area contributed by atoms with Gasteiger partial charge in [0.05, 0.1) is 29.1 Å². The molecule has 8 heteroatoms. The summed E-state index contributed by atoms with van der Waals surface area (Å²) >= 11 is 0. The van der Waals surface area contributed by atoms with E-state index in [1.165, 1.54) is 0 Å². The van der Waals surface area contributed by atoms with Crippen molar-refractivity contribution in [1.29, 1.82) is 0 Å². The van der Waals surface area contributed by atoms with Crippen molar-refractivity contribution in [2.24, 2.45) is 0 Å². The van der Waals surface area contributed by atoms with E-state index in [4.69, 9.17) is 10.2 Å². The first kappa shape index (κ1) is 19.8. The summed E-state index contributed by atoms with van der Waals surface area (Å²) in [5.41, 5.74) is 0. The van der Waals surface area contributed by atoms with Gasteiger partial charge < -0.3 is 14.8 Å². The van der Waals surface area contributed by atoms with Gasteiger partial charge in [0.25, 0.3) is 0 Å². The first-order valence-corrected chi connectivity index (χ1v) is 6.30. The minimum absolute atomic E-state index is 0. The van der Waals surface area contributed by atoms with Crippen LogP contribution in [0.1, 0.15) is 13.8 Å². The Bertz CT molecular complexity index is 262. The summed E-state index contributed by atoms with van der Waals surface area (Å²) in [5.74, 6) is -0.512. The second-order valence-corrected chi connectivity index (χ2v) is 5.09. The molecule has 0 saturated carbocycles. The van der Waals surface area contributed by atoms with Gasteiger partial charge in [0.1, 0.15) is 0 Å². The van der Waals surface area contributed by atoms with Crippen molar-refractivity contribution < 1.29 is 74.6 Å². The second kappa shape index (κ2) is 9.37. The molecule has 0 radical (unpaired) electrons. The van der Waals surface area contributed by atoms with Crippen LogP contribution in [0.25, 0.3) is 0 Å². The molecule has 0 rings (SSSR count). The molecule has 0 spiro atoms. The molecule has 0 aromatic carbocycles. The van der Waals surface area contributed by atoms with Gasteiger partial charge in [-0.15, -0.1) is 0 Å². The molecule has 0 aromatic rings. The molecular formula is C8H18KNO5S. The summed E-state index contributed by atoms with van der Waals surface area (Å²) in [4.78, 5) is 1.59. The summed E-state index contributed by atoms with van der Waals surface area (Å²) < 4.78 is 31.4. The van der Waals surface area contributed by atoms with E-state index in [-0.39, 0.29) is 83.2 Å². The smallest absolute Gasteiger partial charge is 0.748 e. The number of nitrogens with zero attached hydrogens (tertiary/aromatic N) is 1. The normalized spacial score (nSPS) is 15.6. The van der Waals surface area contributed by atoms with Gasteiger partial charge in [0.2, 0.25) is 0 Å². The largest absolute Gasteiger partial charge is 1.00 e. The van der Waals surface area contributed by atoms with Crippen LogP contribution in [0.5, 0.6) is 0 Å². The van der Waals surface area contributed by atoms with Gasteiger partial charge in [-0.05, 0) is 13.8 Å². The summed E-state index contributed by atoms with van der Waals surface area (Å²) in [6.45, 7) is 3.12. The van der Waals surface area contributed by atoms with Crippen molar-refractivity contribution in [3.8, 4) is 0 Å². The van der Waals surface area contributed by atoms with Crippen LogP contribution in [0.15, 0.2) is 0 Å². The number of hydrogen-bond donors (Lipinski definition) is 2. The Hall–Kier alpha value is 1.43.